The van der Waals surface area contributed by atoms with Crippen molar-refractivity contribution < 1.29 is 18.7 Å². The second-order valence-corrected chi connectivity index (χ2v) is 6.09. The summed E-state index contributed by atoms with van der Waals surface area (Å²) in [6, 6.07) is 2.32. The molecule has 0 radical (unpaired) electrons. The van der Waals surface area contributed by atoms with Gasteiger partial charge in [0.1, 0.15) is 17.7 Å². The van der Waals surface area contributed by atoms with Crippen molar-refractivity contribution in [2.24, 2.45) is 5.41 Å². The average molecular weight is 321 g/mol. The number of carbonyl (C=O) groups is 1. The molecule has 0 aromatic heterocycles. The average Bonchev–Trinajstić information content (AvgIpc) is 2.27. The Kier molecular flexibility index (Phi) is 4.61. The second kappa shape index (κ2) is 5.45. The van der Waals surface area contributed by atoms with E-state index in [-0.39, 0.29) is 10.0 Å². The Balaban J connectivity index is 2.99. The first-order valence-electron chi connectivity index (χ1n) is 5.47. The van der Waals surface area contributed by atoms with E-state index in [0.717, 1.165) is 6.07 Å². The molecule has 18 heavy (non-hydrogen) atoms. The zero-order valence-electron chi connectivity index (χ0n) is 10.4. The van der Waals surface area contributed by atoms with Gasteiger partial charge in [-0.1, -0.05) is 20.8 Å². The van der Waals surface area contributed by atoms with Crippen LogP contribution in [0.25, 0.3) is 0 Å². The maximum absolute atomic E-state index is 13.7. The number of hydrogen-bond donors (Lipinski definition) is 1. The van der Waals surface area contributed by atoms with Gasteiger partial charge in [0.2, 0.25) is 0 Å². The molecule has 1 unspecified atom stereocenters. The fourth-order valence-corrected chi connectivity index (χ4v) is 1.86. The molecule has 0 bridgehead atoms. The number of ketones is 1. The van der Waals surface area contributed by atoms with E-state index in [4.69, 9.17) is 0 Å². The third kappa shape index (κ3) is 3.36. The van der Waals surface area contributed by atoms with Gasteiger partial charge in [0, 0.05) is 12.0 Å². The number of aliphatic hydroxyl groups excluding tert-OH is 1. The van der Waals surface area contributed by atoms with E-state index in [1.807, 2.05) is 0 Å². The zero-order valence-corrected chi connectivity index (χ0v) is 12.0. The first-order chi connectivity index (χ1) is 8.14. The van der Waals surface area contributed by atoms with Crippen molar-refractivity contribution in [3.63, 3.8) is 0 Å². The molecule has 0 amide bonds. The molecule has 0 fully saturated rings. The van der Waals surface area contributed by atoms with Gasteiger partial charge in [0.05, 0.1) is 4.47 Å². The summed E-state index contributed by atoms with van der Waals surface area (Å²) in [6.07, 6.45) is -1.72. The summed E-state index contributed by atoms with van der Waals surface area (Å²) >= 11 is 2.93. The Labute approximate surface area is 113 Å². The summed E-state index contributed by atoms with van der Waals surface area (Å²) < 4.78 is 27.2. The molecular formula is C13H15BrF2O2. The van der Waals surface area contributed by atoms with Gasteiger partial charge in [-0.05, 0) is 33.5 Å². The summed E-state index contributed by atoms with van der Waals surface area (Å²) in [5.41, 5.74) is -0.978. The monoisotopic (exact) mass is 320 g/mol. The third-order valence-electron chi connectivity index (χ3n) is 2.62. The molecule has 1 aromatic carbocycles. The quantitative estimate of drug-likeness (QED) is 0.868. The Morgan fingerprint density at radius 1 is 1.39 bits per heavy atom. The van der Waals surface area contributed by atoms with Gasteiger partial charge >= 0.3 is 0 Å². The molecule has 1 rings (SSSR count). The van der Waals surface area contributed by atoms with Gasteiger partial charge in [0.15, 0.2) is 5.78 Å². The standard InChI is InChI=1S/C13H15BrF2O2/c1-13(2,3)12(18)10(17)6-7-9(15)5-4-8(14)11(7)16/h4-5,12,18H,6H2,1-3H3. The lowest BCUT2D eigenvalue weighted by Gasteiger charge is -2.24. The van der Waals surface area contributed by atoms with E-state index in [1.165, 1.54) is 6.07 Å². The molecule has 0 saturated heterocycles. The predicted octanol–water partition coefficient (Wildman–Crippen LogP) is 3.25. The number of halogens is 3. The van der Waals surface area contributed by atoms with Gasteiger partial charge in [-0.2, -0.15) is 0 Å². The lowest BCUT2D eigenvalue weighted by molar-refractivity contribution is -0.131. The lowest BCUT2D eigenvalue weighted by atomic mass is 9.85. The summed E-state index contributed by atoms with van der Waals surface area (Å²) in [7, 11) is 0. The molecule has 0 aliphatic rings. The maximum atomic E-state index is 13.7. The van der Waals surface area contributed by atoms with Gasteiger partial charge in [-0.25, -0.2) is 8.78 Å². The maximum Gasteiger partial charge on any atom is 0.166 e. The van der Waals surface area contributed by atoms with Gasteiger partial charge < -0.3 is 5.11 Å². The minimum Gasteiger partial charge on any atom is -0.385 e. The largest absolute Gasteiger partial charge is 0.385 e. The molecule has 0 spiro atoms. The second-order valence-electron chi connectivity index (χ2n) is 5.23. The van der Waals surface area contributed by atoms with Crippen LogP contribution >= 0.6 is 15.9 Å². The van der Waals surface area contributed by atoms with Crippen LogP contribution in [-0.4, -0.2) is 17.0 Å². The summed E-state index contributed by atoms with van der Waals surface area (Å²) in [4.78, 5) is 11.8. The predicted molar refractivity (Wildman–Crippen MR) is 68.2 cm³/mol. The fraction of sp³-hybridized carbons (Fsp3) is 0.462. The Bertz CT molecular complexity index is 467. The van der Waals surface area contributed by atoms with Crippen LogP contribution in [0, 0.1) is 17.0 Å². The topological polar surface area (TPSA) is 37.3 Å². The molecule has 0 saturated carbocycles. The van der Waals surface area contributed by atoms with Gasteiger partial charge in [-0.3, -0.25) is 4.79 Å². The Hall–Kier alpha value is -0.810. The lowest BCUT2D eigenvalue weighted by Crippen LogP contribution is -2.35. The van der Waals surface area contributed by atoms with Crippen molar-refractivity contribution in [3.05, 3.63) is 33.8 Å². The van der Waals surface area contributed by atoms with E-state index >= 15 is 0 Å². The van der Waals surface area contributed by atoms with Crippen molar-refractivity contribution >= 4 is 21.7 Å². The normalized spacial score (nSPS) is 13.5. The summed E-state index contributed by atoms with van der Waals surface area (Å²) in [6.45, 7) is 5.05. The minimum atomic E-state index is -1.25. The molecule has 0 heterocycles. The first kappa shape index (κ1) is 15.2. The van der Waals surface area contributed by atoms with Crippen LogP contribution in [0.5, 0.6) is 0 Å². The Morgan fingerprint density at radius 2 is 1.94 bits per heavy atom. The molecule has 100 valence electrons. The van der Waals surface area contributed by atoms with Crippen LogP contribution in [0.1, 0.15) is 26.3 Å². The van der Waals surface area contributed by atoms with Crippen LogP contribution in [0.2, 0.25) is 0 Å². The van der Waals surface area contributed by atoms with Crippen LogP contribution in [0.3, 0.4) is 0 Å². The summed E-state index contributed by atoms with van der Waals surface area (Å²) in [5, 5.41) is 9.76. The number of benzene rings is 1. The molecule has 1 aromatic rings. The van der Waals surface area contributed by atoms with E-state index in [2.05, 4.69) is 15.9 Å². The molecule has 0 aliphatic heterocycles. The first-order valence-corrected chi connectivity index (χ1v) is 6.27. The van der Waals surface area contributed by atoms with Crippen molar-refractivity contribution in [2.45, 2.75) is 33.3 Å². The number of Topliss-reactive ketones (excluding diaryl/α,β-unsaturated/α-hetero) is 1. The number of hydrogen-bond acceptors (Lipinski definition) is 2. The smallest absolute Gasteiger partial charge is 0.166 e. The van der Waals surface area contributed by atoms with Gasteiger partial charge in [-0.15, -0.1) is 0 Å². The third-order valence-corrected chi connectivity index (χ3v) is 3.23. The number of carbonyl (C=O) groups excluding carboxylic acids is 1. The van der Waals surface area contributed by atoms with E-state index in [1.54, 1.807) is 20.8 Å². The van der Waals surface area contributed by atoms with E-state index in [0.29, 0.717) is 0 Å². The van der Waals surface area contributed by atoms with E-state index in [9.17, 15) is 18.7 Å². The molecule has 0 aliphatic carbocycles. The highest BCUT2D eigenvalue weighted by Crippen LogP contribution is 2.25. The molecule has 1 atom stereocenters. The van der Waals surface area contributed by atoms with Crippen molar-refractivity contribution in [3.8, 4) is 0 Å². The van der Waals surface area contributed by atoms with Crippen LogP contribution in [-0.2, 0) is 11.2 Å². The fourth-order valence-electron chi connectivity index (χ4n) is 1.48. The molecule has 1 N–H and O–H groups in total. The SMILES string of the molecule is CC(C)(C)C(O)C(=O)Cc1c(F)ccc(Br)c1F. The summed E-state index contributed by atoms with van der Waals surface area (Å²) in [5.74, 6) is -2.19. The van der Waals surface area contributed by atoms with Crippen LogP contribution < -0.4 is 0 Å². The van der Waals surface area contributed by atoms with Gasteiger partial charge in [0.25, 0.3) is 0 Å². The van der Waals surface area contributed by atoms with Crippen LogP contribution in [0.15, 0.2) is 16.6 Å². The number of aliphatic hydroxyl groups is 1. The van der Waals surface area contributed by atoms with Crippen molar-refractivity contribution in [2.75, 3.05) is 0 Å². The molecular weight excluding hydrogens is 306 g/mol. The highest BCUT2D eigenvalue weighted by atomic mass is 79.9. The minimum absolute atomic E-state index is 0.0944. The van der Waals surface area contributed by atoms with E-state index < -0.39 is 35.4 Å². The highest BCUT2D eigenvalue weighted by molar-refractivity contribution is 9.10. The van der Waals surface area contributed by atoms with Crippen LogP contribution in [0.4, 0.5) is 8.78 Å². The molecule has 2 nitrogen and oxygen atoms in total. The van der Waals surface area contributed by atoms with Crippen molar-refractivity contribution in [1.82, 2.24) is 0 Å². The van der Waals surface area contributed by atoms with Crippen molar-refractivity contribution in [1.29, 1.82) is 0 Å². The Morgan fingerprint density at radius 3 is 2.44 bits per heavy atom. The number of rotatable bonds is 3. The highest BCUT2D eigenvalue weighted by Gasteiger charge is 2.30. The molecule has 5 heteroatoms. The zero-order chi connectivity index (χ0) is 14.1.